The van der Waals surface area contributed by atoms with Gasteiger partial charge >= 0.3 is 0 Å². The van der Waals surface area contributed by atoms with Crippen molar-refractivity contribution in [3.05, 3.63) is 11.1 Å². The fourth-order valence-corrected chi connectivity index (χ4v) is 19.6. The molecule has 0 unspecified atom stereocenters. The van der Waals surface area contributed by atoms with E-state index < -0.39 is 24.2 Å². The van der Waals surface area contributed by atoms with Gasteiger partial charge < -0.3 is 0 Å². The Balaban J connectivity index is 7.65. The molecule has 0 nitrogen and oxygen atoms in total. The molecule has 0 aliphatic carbocycles. The average Bonchev–Trinajstić information content (AvgIpc) is 2.80. The number of terminal acetylenes is 1. The molecule has 0 fully saturated rings. The van der Waals surface area contributed by atoms with E-state index in [1.54, 1.807) is 0 Å². The minimum Gasteiger partial charge on any atom is -0.125 e. The Hall–Kier alpha value is -1.37. The predicted octanol–water partition coefficient (Wildman–Crippen LogP) is 10.4. The van der Waals surface area contributed by atoms with Crippen LogP contribution in [-0.4, -0.2) is 24.2 Å². The first-order valence-corrected chi connectivity index (χ1v) is 22.0. The topological polar surface area (TPSA) is 0 Å². The van der Waals surface area contributed by atoms with Crippen LogP contribution in [0.2, 0.25) is 51.4 Å². The van der Waals surface area contributed by atoms with Gasteiger partial charge in [0.25, 0.3) is 0 Å². The van der Waals surface area contributed by atoms with Crippen LogP contribution < -0.4 is 0 Å². The highest BCUT2D eigenvalue weighted by atomic mass is 28.3. The van der Waals surface area contributed by atoms with Crippen molar-refractivity contribution in [1.82, 2.24) is 0 Å². The van der Waals surface area contributed by atoms with E-state index in [0.717, 1.165) is 23.7 Å². The third-order valence-electron chi connectivity index (χ3n) is 9.42. The summed E-state index contributed by atoms with van der Waals surface area (Å²) in [6.07, 6.45) is 6.16. The van der Waals surface area contributed by atoms with Gasteiger partial charge in [0, 0.05) is 0 Å². The van der Waals surface area contributed by atoms with E-state index in [2.05, 4.69) is 144 Å². The SMILES string of the molecule is C#CC(C#C[Si](CC)(CC)CC)=C(C#C[Si](C(C)C)(C(C)C)C(C)C)C#C[Si](C(C)C)(C(C)C)C(C)C. The molecule has 0 aromatic rings. The number of rotatable bonds is 9. The zero-order chi connectivity index (χ0) is 29.2. The first-order chi connectivity index (χ1) is 17.1. The Morgan fingerprint density at radius 1 is 0.486 bits per heavy atom. The molecule has 0 saturated carbocycles. The van der Waals surface area contributed by atoms with Gasteiger partial charge in [0.1, 0.15) is 24.2 Å². The summed E-state index contributed by atoms with van der Waals surface area (Å²) in [4.78, 5) is 0. The van der Waals surface area contributed by atoms with Gasteiger partial charge in [0.05, 0.1) is 11.1 Å². The second kappa shape index (κ2) is 15.3. The fraction of sp³-hybridized carbons (Fsp3) is 0.706. The summed E-state index contributed by atoms with van der Waals surface area (Å²) in [5.74, 6) is 13.7. The summed E-state index contributed by atoms with van der Waals surface area (Å²) >= 11 is 0. The third-order valence-corrected chi connectivity index (χ3v) is 26.7. The molecule has 0 heterocycles. The van der Waals surface area contributed by atoms with Crippen LogP contribution in [0.5, 0.6) is 0 Å². The fourth-order valence-electron chi connectivity index (χ4n) is 6.74. The lowest BCUT2D eigenvalue weighted by Crippen LogP contribution is -2.43. The molecular weight excluding hydrogens is 493 g/mol. The summed E-state index contributed by atoms with van der Waals surface area (Å²) in [7, 11) is -5.50. The van der Waals surface area contributed by atoms with Crippen molar-refractivity contribution >= 4 is 24.2 Å². The molecule has 0 saturated heterocycles. The molecule has 0 N–H and O–H groups in total. The molecule has 0 amide bonds. The Morgan fingerprint density at radius 2 is 0.757 bits per heavy atom. The number of allylic oxidation sites excluding steroid dienone is 2. The Labute approximate surface area is 236 Å². The highest BCUT2D eigenvalue weighted by Gasteiger charge is 2.43. The van der Waals surface area contributed by atoms with E-state index in [1.165, 1.54) is 0 Å². The zero-order valence-corrected chi connectivity index (χ0v) is 30.2. The molecular formula is C34H58Si3. The van der Waals surface area contributed by atoms with Gasteiger partial charge in [-0.05, 0) is 51.4 Å². The monoisotopic (exact) mass is 550 g/mol. The highest BCUT2D eigenvalue weighted by molar-refractivity contribution is 6.91. The van der Waals surface area contributed by atoms with Gasteiger partial charge in [-0.25, -0.2) is 0 Å². The zero-order valence-electron chi connectivity index (χ0n) is 27.2. The first-order valence-electron chi connectivity index (χ1n) is 14.9. The molecule has 0 bridgehead atoms. The van der Waals surface area contributed by atoms with Crippen LogP contribution in [0.25, 0.3) is 0 Å². The summed E-state index contributed by atoms with van der Waals surface area (Å²) in [6, 6.07) is 3.48. The lowest BCUT2D eigenvalue weighted by atomic mass is 10.1. The summed E-state index contributed by atoms with van der Waals surface area (Å²) in [5, 5.41) is 0. The van der Waals surface area contributed by atoms with Crippen LogP contribution in [0, 0.1) is 46.7 Å². The Bertz CT molecular complexity index is 887. The second-order valence-electron chi connectivity index (χ2n) is 12.8. The van der Waals surface area contributed by atoms with E-state index in [1.807, 2.05) is 0 Å². The van der Waals surface area contributed by atoms with E-state index >= 15 is 0 Å². The van der Waals surface area contributed by atoms with Gasteiger partial charge in [-0.2, -0.15) is 0 Å². The predicted molar refractivity (Wildman–Crippen MR) is 178 cm³/mol. The minimum absolute atomic E-state index is 0.561. The van der Waals surface area contributed by atoms with Crippen LogP contribution in [0.15, 0.2) is 11.1 Å². The normalized spacial score (nSPS) is 12.2. The van der Waals surface area contributed by atoms with Crippen molar-refractivity contribution in [1.29, 1.82) is 0 Å². The van der Waals surface area contributed by atoms with Gasteiger partial charge in [-0.3, -0.25) is 0 Å². The molecule has 0 spiro atoms. The van der Waals surface area contributed by atoms with Crippen LogP contribution in [0.3, 0.4) is 0 Å². The van der Waals surface area contributed by atoms with Gasteiger partial charge in [0.2, 0.25) is 0 Å². The molecule has 206 valence electrons. The van der Waals surface area contributed by atoms with Crippen molar-refractivity contribution in [3.8, 4) is 46.7 Å². The summed E-state index contributed by atoms with van der Waals surface area (Å²) in [6.45, 7) is 35.1. The van der Waals surface area contributed by atoms with Crippen molar-refractivity contribution in [3.63, 3.8) is 0 Å². The standard InChI is InChI=1S/C34H58Si3/c1-17-33(21-24-35(18-2,19-3)20-4)34(22-25-36(27(5)6,28(7)8)29(9)10)23-26-37(30(11)12,31(13)14)32(15)16/h1,27-32H,18-20H2,2-16H3. The van der Waals surface area contributed by atoms with Crippen LogP contribution in [0.4, 0.5) is 0 Å². The lowest BCUT2D eigenvalue weighted by molar-refractivity contribution is 0.838. The largest absolute Gasteiger partial charge is 0.146 e. The Morgan fingerprint density at radius 3 is 0.973 bits per heavy atom. The van der Waals surface area contributed by atoms with Crippen molar-refractivity contribution in [2.75, 3.05) is 0 Å². The molecule has 0 aromatic heterocycles. The summed E-state index contributed by atoms with van der Waals surface area (Å²) in [5.41, 5.74) is 16.4. The number of hydrogen-bond donors (Lipinski definition) is 0. The molecule has 37 heavy (non-hydrogen) atoms. The molecule has 0 aromatic carbocycles. The van der Waals surface area contributed by atoms with Crippen LogP contribution in [-0.2, 0) is 0 Å². The maximum absolute atomic E-state index is 6.16. The van der Waals surface area contributed by atoms with Crippen molar-refractivity contribution < 1.29 is 0 Å². The second-order valence-corrected chi connectivity index (χ2v) is 28.9. The molecule has 0 atom stereocenters. The van der Waals surface area contributed by atoms with E-state index in [-0.39, 0.29) is 0 Å². The molecule has 0 radical (unpaired) electrons. The van der Waals surface area contributed by atoms with Crippen molar-refractivity contribution in [2.24, 2.45) is 0 Å². The maximum Gasteiger partial charge on any atom is 0.146 e. The van der Waals surface area contributed by atoms with Crippen LogP contribution in [0.1, 0.15) is 104 Å². The average molecular weight is 551 g/mol. The number of hydrogen-bond acceptors (Lipinski definition) is 0. The minimum atomic E-state index is -1.93. The quantitative estimate of drug-likeness (QED) is 0.198. The van der Waals surface area contributed by atoms with Crippen LogP contribution >= 0.6 is 0 Å². The Kier molecular flexibility index (Phi) is 14.7. The lowest BCUT2D eigenvalue weighted by Gasteiger charge is -2.38. The van der Waals surface area contributed by atoms with Crippen molar-refractivity contribution in [2.45, 2.75) is 155 Å². The highest BCUT2D eigenvalue weighted by Crippen LogP contribution is 2.42. The first kappa shape index (κ1) is 35.6. The van der Waals surface area contributed by atoms with Gasteiger partial charge in [0.15, 0.2) is 0 Å². The smallest absolute Gasteiger partial charge is 0.125 e. The van der Waals surface area contributed by atoms with E-state index in [9.17, 15) is 0 Å². The van der Waals surface area contributed by atoms with E-state index in [0.29, 0.717) is 38.8 Å². The maximum atomic E-state index is 6.16. The summed E-state index contributed by atoms with van der Waals surface area (Å²) < 4.78 is 0. The molecule has 3 heteroatoms. The molecule has 0 rings (SSSR count). The van der Waals surface area contributed by atoms with Gasteiger partial charge in [-0.1, -0.05) is 128 Å². The molecule has 0 aliphatic rings. The molecule has 0 aliphatic heterocycles. The van der Waals surface area contributed by atoms with E-state index in [4.69, 9.17) is 6.42 Å². The third kappa shape index (κ3) is 8.06. The van der Waals surface area contributed by atoms with Gasteiger partial charge in [-0.15, -0.1) is 23.1 Å².